The molecule has 5 aromatic rings. The van der Waals surface area contributed by atoms with Crippen molar-refractivity contribution in [1.82, 2.24) is 19.1 Å². The number of rotatable bonds is 4. The topological polar surface area (TPSA) is 79.0 Å². The Morgan fingerprint density at radius 3 is 2.27 bits per heavy atom. The Morgan fingerprint density at radius 1 is 0.909 bits per heavy atom. The van der Waals surface area contributed by atoms with E-state index in [0.717, 1.165) is 5.69 Å². The number of methoxy groups -OCH3 is 1. The zero-order chi connectivity index (χ0) is 22.9. The second-order valence-electron chi connectivity index (χ2n) is 7.24. The molecule has 0 bridgehead atoms. The van der Waals surface area contributed by atoms with Gasteiger partial charge in [-0.1, -0.05) is 41.9 Å². The fourth-order valence-electron chi connectivity index (χ4n) is 3.63. The SMILES string of the molecule is COC(=O)c1ccc(-c2nc3c(ncn3-c3ccccc3)c(=O)n2-c2ccc(Cl)cc2)cc1. The highest BCUT2D eigenvalue weighted by Gasteiger charge is 2.19. The van der Waals surface area contributed by atoms with Crippen LogP contribution in [0.2, 0.25) is 5.02 Å². The molecule has 0 N–H and O–H groups in total. The Labute approximate surface area is 193 Å². The Balaban J connectivity index is 1.79. The van der Waals surface area contributed by atoms with E-state index >= 15 is 0 Å². The fourth-order valence-corrected chi connectivity index (χ4v) is 3.75. The molecule has 2 aromatic heterocycles. The van der Waals surface area contributed by atoms with Crippen LogP contribution in [0.5, 0.6) is 0 Å². The molecule has 33 heavy (non-hydrogen) atoms. The third-order valence-electron chi connectivity index (χ3n) is 5.25. The lowest BCUT2D eigenvalue weighted by Crippen LogP contribution is -2.22. The zero-order valence-corrected chi connectivity index (χ0v) is 18.2. The van der Waals surface area contributed by atoms with Crippen molar-refractivity contribution in [1.29, 1.82) is 0 Å². The number of fused-ring (bicyclic) bond motifs is 1. The van der Waals surface area contributed by atoms with Crippen LogP contribution < -0.4 is 5.56 Å². The Kier molecular flexibility index (Phi) is 5.24. The summed E-state index contributed by atoms with van der Waals surface area (Å²) in [6.07, 6.45) is 1.59. The molecule has 0 saturated carbocycles. The van der Waals surface area contributed by atoms with E-state index < -0.39 is 5.97 Å². The molecule has 0 aliphatic rings. The van der Waals surface area contributed by atoms with Gasteiger partial charge in [0.25, 0.3) is 5.56 Å². The number of hydrogen-bond acceptors (Lipinski definition) is 5. The average Bonchev–Trinajstić information content (AvgIpc) is 3.29. The number of aromatic nitrogens is 4. The van der Waals surface area contributed by atoms with Crippen LogP contribution in [0.15, 0.2) is 90.0 Å². The minimum Gasteiger partial charge on any atom is -0.465 e. The highest BCUT2D eigenvalue weighted by atomic mass is 35.5. The number of ether oxygens (including phenoxy) is 1. The van der Waals surface area contributed by atoms with E-state index in [1.165, 1.54) is 11.7 Å². The van der Waals surface area contributed by atoms with Gasteiger partial charge in [0.1, 0.15) is 12.2 Å². The number of esters is 1. The summed E-state index contributed by atoms with van der Waals surface area (Å²) < 4.78 is 8.05. The van der Waals surface area contributed by atoms with E-state index in [2.05, 4.69) is 4.98 Å². The molecular formula is C25H17ClN4O3. The Morgan fingerprint density at radius 2 is 1.61 bits per heavy atom. The van der Waals surface area contributed by atoms with Crippen LogP contribution in [0.3, 0.4) is 0 Å². The second-order valence-corrected chi connectivity index (χ2v) is 7.68. The molecule has 0 atom stereocenters. The summed E-state index contributed by atoms with van der Waals surface area (Å²) in [6, 6.07) is 23.2. The Hall–Kier alpha value is -4.23. The van der Waals surface area contributed by atoms with Gasteiger partial charge in [0.05, 0.1) is 18.4 Å². The molecule has 0 aliphatic carbocycles. The molecule has 0 unspecified atom stereocenters. The van der Waals surface area contributed by atoms with Crippen LogP contribution in [-0.2, 0) is 4.74 Å². The van der Waals surface area contributed by atoms with Gasteiger partial charge < -0.3 is 4.74 Å². The van der Waals surface area contributed by atoms with E-state index in [-0.39, 0.29) is 11.1 Å². The van der Waals surface area contributed by atoms with Crippen LogP contribution in [0.25, 0.3) is 33.9 Å². The van der Waals surface area contributed by atoms with Gasteiger partial charge >= 0.3 is 5.97 Å². The van der Waals surface area contributed by atoms with Crippen molar-refractivity contribution in [3.8, 4) is 22.8 Å². The lowest BCUT2D eigenvalue weighted by atomic mass is 10.1. The molecule has 8 heteroatoms. The van der Waals surface area contributed by atoms with E-state index in [1.807, 2.05) is 30.3 Å². The molecule has 3 aromatic carbocycles. The fraction of sp³-hybridized carbons (Fsp3) is 0.0400. The van der Waals surface area contributed by atoms with Crippen LogP contribution in [0.1, 0.15) is 10.4 Å². The number of carbonyl (C=O) groups is 1. The van der Waals surface area contributed by atoms with Crippen molar-refractivity contribution < 1.29 is 9.53 Å². The molecule has 2 heterocycles. The van der Waals surface area contributed by atoms with Crippen LogP contribution in [0, 0.1) is 0 Å². The van der Waals surface area contributed by atoms with Crippen molar-refractivity contribution in [3.05, 3.63) is 106 Å². The minimum atomic E-state index is -0.442. The largest absolute Gasteiger partial charge is 0.465 e. The standard InChI is InChI=1S/C25H17ClN4O3/c1-33-25(32)17-9-7-16(8-10-17)22-28-23-21(27-15-29(23)19-5-3-2-4-6-19)24(31)30(22)20-13-11-18(26)12-14-20/h2-15H,1H3. The van der Waals surface area contributed by atoms with Gasteiger partial charge in [-0.15, -0.1) is 0 Å². The molecular weight excluding hydrogens is 440 g/mol. The average molecular weight is 457 g/mol. The second kappa shape index (κ2) is 8.37. The van der Waals surface area contributed by atoms with Crippen molar-refractivity contribution in [3.63, 3.8) is 0 Å². The van der Waals surface area contributed by atoms with Crippen LogP contribution >= 0.6 is 11.6 Å². The summed E-state index contributed by atoms with van der Waals surface area (Å²) in [5.41, 5.74) is 2.84. The molecule has 0 amide bonds. The summed E-state index contributed by atoms with van der Waals surface area (Å²) in [6.45, 7) is 0. The highest BCUT2D eigenvalue weighted by molar-refractivity contribution is 6.30. The number of halogens is 1. The quantitative estimate of drug-likeness (QED) is 0.367. The van der Waals surface area contributed by atoms with E-state index in [0.29, 0.717) is 33.3 Å². The van der Waals surface area contributed by atoms with Crippen molar-refractivity contribution >= 4 is 28.7 Å². The highest BCUT2D eigenvalue weighted by Crippen LogP contribution is 2.24. The monoisotopic (exact) mass is 456 g/mol. The molecule has 0 spiro atoms. The van der Waals surface area contributed by atoms with Gasteiger partial charge in [0.2, 0.25) is 0 Å². The molecule has 5 rings (SSSR count). The third-order valence-corrected chi connectivity index (χ3v) is 5.51. The lowest BCUT2D eigenvalue weighted by Gasteiger charge is -2.14. The molecule has 0 fully saturated rings. The van der Waals surface area contributed by atoms with E-state index in [4.69, 9.17) is 21.3 Å². The predicted molar refractivity (Wildman–Crippen MR) is 126 cm³/mol. The summed E-state index contributed by atoms with van der Waals surface area (Å²) in [4.78, 5) is 34.7. The van der Waals surface area contributed by atoms with Crippen molar-refractivity contribution in [2.75, 3.05) is 7.11 Å². The first-order chi connectivity index (χ1) is 16.1. The zero-order valence-electron chi connectivity index (χ0n) is 17.5. The number of carbonyl (C=O) groups excluding carboxylic acids is 1. The maximum Gasteiger partial charge on any atom is 0.337 e. The molecule has 162 valence electrons. The number of imidazole rings is 1. The number of benzene rings is 3. The summed E-state index contributed by atoms with van der Waals surface area (Å²) in [7, 11) is 1.33. The first-order valence-electron chi connectivity index (χ1n) is 10.1. The lowest BCUT2D eigenvalue weighted by molar-refractivity contribution is 0.0600. The first-order valence-corrected chi connectivity index (χ1v) is 10.4. The van der Waals surface area contributed by atoms with E-state index in [9.17, 15) is 9.59 Å². The number of nitrogens with zero attached hydrogens (tertiary/aromatic N) is 4. The van der Waals surface area contributed by atoms with Crippen molar-refractivity contribution in [2.45, 2.75) is 0 Å². The van der Waals surface area contributed by atoms with Crippen molar-refractivity contribution in [2.24, 2.45) is 0 Å². The number of hydrogen-bond donors (Lipinski definition) is 0. The third kappa shape index (κ3) is 3.68. The van der Waals surface area contributed by atoms with Crippen LogP contribution in [-0.4, -0.2) is 32.2 Å². The molecule has 7 nitrogen and oxygen atoms in total. The molecule has 0 aliphatic heterocycles. The smallest absolute Gasteiger partial charge is 0.337 e. The van der Waals surface area contributed by atoms with Gasteiger partial charge in [-0.3, -0.25) is 13.9 Å². The summed E-state index contributed by atoms with van der Waals surface area (Å²) in [5, 5.41) is 0.554. The Bertz CT molecular complexity index is 1520. The first kappa shape index (κ1) is 20.7. The van der Waals surface area contributed by atoms with Gasteiger partial charge in [-0.25, -0.2) is 14.8 Å². The van der Waals surface area contributed by atoms with Gasteiger partial charge in [0.15, 0.2) is 11.2 Å². The maximum absolute atomic E-state index is 13.6. The summed E-state index contributed by atoms with van der Waals surface area (Å²) in [5.74, 6) is -0.0360. The summed E-state index contributed by atoms with van der Waals surface area (Å²) >= 11 is 6.06. The number of para-hydroxylation sites is 1. The molecule has 0 radical (unpaired) electrons. The maximum atomic E-state index is 13.6. The van der Waals surface area contributed by atoms with Gasteiger partial charge in [0, 0.05) is 16.3 Å². The van der Waals surface area contributed by atoms with Crippen LogP contribution in [0.4, 0.5) is 0 Å². The minimum absolute atomic E-state index is 0.240. The normalized spacial score (nSPS) is 11.0. The van der Waals surface area contributed by atoms with E-state index in [1.54, 1.807) is 59.4 Å². The van der Waals surface area contributed by atoms with Gasteiger partial charge in [-0.2, -0.15) is 0 Å². The van der Waals surface area contributed by atoms with Gasteiger partial charge in [-0.05, 0) is 48.5 Å². The predicted octanol–water partition coefficient (Wildman–Crippen LogP) is 4.68. The molecule has 0 saturated heterocycles.